The van der Waals surface area contributed by atoms with Gasteiger partial charge in [0.25, 0.3) is 0 Å². The minimum absolute atomic E-state index is 1.27. The minimum atomic E-state index is -3.22. The van der Waals surface area contributed by atoms with Crippen molar-refractivity contribution in [1.82, 2.24) is 0 Å². The summed E-state index contributed by atoms with van der Waals surface area (Å²) < 4.78 is 5.66. The van der Waals surface area contributed by atoms with E-state index in [0.29, 0.717) is 0 Å². The van der Waals surface area contributed by atoms with E-state index in [-0.39, 0.29) is 0 Å². The van der Waals surface area contributed by atoms with E-state index in [1.54, 1.807) is 0 Å². The fourth-order valence-electron chi connectivity index (χ4n) is 4.60. The molecule has 0 bridgehead atoms. The van der Waals surface area contributed by atoms with Crippen molar-refractivity contribution < 1.29 is 0 Å². The molecule has 0 spiro atoms. The molecule has 1 aliphatic rings. The molecule has 0 atom stereocenters. The summed E-state index contributed by atoms with van der Waals surface area (Å²) in [7, 11) is -6.44. The molecule has 0 unspecified atom stereocenters. The van der Waals surface area contributed by atoms with Crippen LogP contribution in [0.25, 0.3) is 17.6 Å². The molecule has 0 saturated carbocycles. The van der Waals surface area contributed by atoms with E-state index in [2.05, 4.69) is 177 Å². The van der Waals surface area contributed by atoms with Gasteiger partial charge in [-0.3, -0.25) is 0 Å². The summed E-state index contributed by atoms with van der Waals surface area (Å²) >= 11 is 17.6. The number of hydrogen-bond donors (Lipinski definition) is 0. The van der Waals surface area contributed by atoms with Gasteiger partial charge in [0, 0.05) is 0 Å². The van der Waals surface area contributed by atoms with Crippen molar-refractivity contribution in [1.29, 1.82) is 0 Å². The van der Waals surface area contributed by atoms with Crippen LogP contribution in [0, 0.1) is 0 Å². The summed E-state index contributed by atoms with van der Waals surface area (Å²) in [4.78, 5) is 0. The predicted molar refractivity (Wildman–Crippen MR) is 167 cm³/mol. The molecule has 168 valence electrons. The molecule has 6 heteroatoms. The molecule has 5 rings (SSSR count). The van der Waals surface area contributed by atoms with Gasteiger partial charge in [-0.2, -0.15) is 0 Å². The molecular formula is C28H20Br4Ge2. The van der Waals surface area contributed by atoms with E-state index in [1.165, 1.54) is 39.9 Å². The number of benzene rings is 4. The molecule has 4 aromatic carbocycles. The van der Waals surface area contributed by atoms with Crippen LogP contribution in [-0.2, 0) is 0 Å². The van der Waals surface area contributed by atoms with Crippen molar-refractivity contribution in [2.45, 2.75) is 0 Å². The Balaban J connectivity index is 1.94. The third-order valence-electron chi connectivity index (χ3n) is 6.01. The van der Waals surface area contributed by atoms with Crippen LogP contribution in [0.5, 0.6) is 0 Å². The molecule has 0 amide bonds. The third kappa shape index (κ3) is 4.59. The average molecular weight is 821 g/mol. The molecule has 0 N–H and O–H groups in total. The van der Waals surface area contributed by atoms with Gasteiger partial charge in [0.15, 0.2) is 0 Å². The second-order valence-corrected chi connectivity index (χ2v) is 52.9. The Hall–Kier alpha value is -0.634. The van der Waals surface area contributed by atoms with Crippen LogP contribution in [0.15, 0.2) is 121 Å². The van der Waals surface area contributed by atoms with Crippen molar-refractivity contribution in [2.24, 2.45) is 0 Å². The van der Waals surface area contributed by atoms with Crippen molar-refractivity contribution in [3.8, 4) is 0 Å². The molecule has 34 heavy (non-hydrogen) atoms. The van der Waals surface area contributed by atoms with Crippen LogP contribution in [0.1, 0.15) is 22.3 Å². The van der Waals surface area contributed by atoms with Crippen molar-refractivity contribution in [3.63, 3.8) is 0 Å². The summed E-state index contributed by atoms with van der Waals surface area (Å²) in [6.45, 7) is 0. The average Bonchev–Trinajstić information content (AvgIpc) is 2.86. The zero-order chi connectivity index (χ0) is 23.8. The number of halogens is 4. The van der Waals surface area contributed by atoms with E-state index < -0.39 is 19.2 Å². The van der Waals surface area contributed by atoms with Crippen LogP contribution >= 0.6 is 56.0 Å². The first-order valence-corrected chi connectivity index (χ1v) is 34.7. The van der Waals surface area contributed by atoms with Gasteiger partial charge >= 0.3 is 236 Å². The molecule has 0 aliphatic carbocycles. The first-order chi connectivity index (χ1) is 16.4. The quantitative estimate of drug-likeness (QED) is 0.180. The normalized spacial score (nSPS) is 17.1. The van der Waals surface area contributed by atoms with Gasteiger partial charge in [-0.15, -0.1) is 0 Å². The fourth-order valence-corrected chi connectivity index (χ4v) is 55.8. The van der Waals surface area contributed by atoms with Crippen LogP contribution in [0.3, 0.4) is 0 Å². The standard InChI is InChI=1S/C28H20Br4Ge2/c29-33(30)25(21-13-5-1-6-14-21)26(22-15-7-2-8-16-22)34(31,32)28(24-19-11-4-12-20-24)27(33)23-17-9-3-10-18-23/h1-20H. The van der Waals surface area contributed by atoms with Gasteiger partial charge < -0.3 is 0 Å². The zero-order valence-corrected chi connectivity index (χ0v) is 28.6. The second-order valence-electron chi connectivity index (χ2n) is 8.11. The molecule has 4 aromatic rings. The summed E-state index contributed by atoms with van der Waals surface area (Å²) in [6.07, 6.45) is 0. The Kier molecular flexibility index (Phi) is 7.65. The maximum absolute atomic E-state index is 4.40. The predicted octanol–water partition coefficient (Wildman–Crippen LogP) is 9.84. The molecule has 0 radical (unpaired) electrons. The van der Waals surface area contributed by atoms with Crippen LogP contribution < -0.4 is 0 Å². The van der Waals surface area contributed by atoms with Crippen molar-refractivity contribution in [3.05, 3.63) is 144 Å². The Morgan fingerprint density at radius 1 is 0.294 bits per heavy atom. The van der Waals surface area contributed by atoms with Gasteiger partial charge in [0.1, 0.15) is 0 Å². The van der Waals surface area contributed by atoms with Crippen LogP contribution in [0.2, 0.25) is 0 Å². The zero-order valence-electron chi connectivity index (χ0n) is 18.1. The van der Waals surface area contributed by atoms with Gasteiger partial charge in [-0.25, -0.2) is 0 Å². The Bertz CT molecular complexity index is 1150. The molecule has 0 aromatic heterocycles. The first-order valence-electron chi connectivity index (χ1n) is 10.9. The van der Waals surface area contributed by atoms with E-state index in [0.717, 1.165) is 0 Å². The topological polar surface area (TPSA) is 0 Å². The summed E-state index contributed by atoms with van der Waals surface area (Å²) in [5.41, 5.74) is 5.07. The molecular weight excluding hydrogens is 801 g/mol. The Morgan fingerprint density at radius 2 is 0.471 bits per heavy atom. The molecule has 1 aliphatic heterocycles. The van der Waals surface area contributed by atoms with Crippen molar-refractivity contribution >= 4 is 92.8 Å². The van der Waals surface area contributed by atoms with Gasteiger partial charge in [0.2, 0.25) is 0 Å². The number of hydrogen-bond acceptors (Lipinski definition) is 0. The summed E-state index contributed by atoms with van der Waals surface area (Å²) in [5, 5.41) is 0. The van der Waals surface area contributed by atoms with Gasteiger partial charge in [-0.05, 0) is 0 Å². The van der Waals surface area contributed by atoms with E-state index in [9.17, 15) is 0 Å². The Morgan fingerprint density at radius 3 is 0.647 bits per heavy atom. The first kappa shape index (κ1) is 25.0. The Labute approximate surface area is 233 Å². The molecule has 0 fully saturated rings. The van der Waals surface area contributed by atoms with E-state index >= 15 is 0 Å². The third-order valence-corrected chi connectivity index (χ3v) is 34.5. The summed E-state index contributed by atoms with van der Waals surface area (Å²) in [6, 6.07) is 43.4. The second kappa shape index (κ2) is 10.4. The molecule has 0 nitrogen and oxygen atoms in total. The van der Waals surface area contributed by atoms with E-state index in [4.69, 9.17) is 0 Å². The van der Waals surface area contributed by atoms with Gasteiger partial charge in [0.05, 0.1) is 0 Å². The van der Waals surface area contributed by atoms with Gasteiger partial charge in [-0.1, -0.05) is 0 Å². The SMILES string of the molecule is [Br][Ge]1([Br])[C](c2ccccc2)=[C](c2ccccc2)[Ge]([Br])([Br])[C](c2ccccc2)=[C]1c1ccccc1. The number of rotatable bonds is 4. The molecule has 1 heterocycles. The monoisotopic (exact) mass is 820 g/mol. The molecule has 0 saturated heterocycles. The maximum atomic E-state index is 4.40. The summed E-state index contributed by atoms with van der Waals surface area (Å²) in [5.74, 6) is 0. The fraction of sp³-hybridized carbons (Fsp3) is 0. The van der Waals surface area contributed by atoms with Crippen LogP contribution in [-0.4, -0.2) is 19.2 Å². The van der Waals surface area contributed by atoms with Crippen LogP contribution in [0.4, 0.5) is 0 Å². The van der Waals surface area contributed by atoms with E-state index in [1.807, 2.05) is 0 Å². The van der Waals surface area contributed by atoms with Crippen molar-refractivity contribution in [2.75, 3.05) is 0 Å².